The average Bonchev–Trinajstić information content (AvgIpc) is 2.86. The van der Waals surface area contributed by atoms with Gasteiger partial charge in [0.15, 0.2) is 0 Å². The van der Waals surface area contributed by atoms with Crippen LogP contribution in [0, 0.1) is 6.92 Å². The molecule has 2 N–H and O–H groups in total. The van der Waals surface area contributed by atoms with Crippen molar-refractivity contribution >= 4 is 17.3 Å². The fourth-order valence-electron chi connectivity index (χ4n) is 2.52. The molecule has 2 heterocycles. The summed E-state index contributed by atoms with van der Waals surface area (Å²) in [5.74, 6) is 0.795. The zero-order valence-corrected chi connectivity index (χ0v) is 11.3. The number of aromatic nitrogens is 2. The summed E-state index contributed by atoms with van der Waals surface area (Å²) in [7, 11) is 0. The molecule has 2 aromatic rings. The quantitative estimate of drug-likeness (QED) is 0.884. The Morgan fingerprint density at radius 3 is 2.47 bits per heavy atom. The lowest BCUT2D eigenvalue weighted by molar-refractivity contribution is 0.578. The zero-order chi connectivity index (χ0) is 13.1. The van der Waals surface area contributed by atoms with Gasteiger partial charge in [0.05, 0.1) is 0 Å². The van der Waals surface area contributed by atoms with Crippen LogP contribution in [0.15, 0.2) is 30.5 Å². The van der Waals surface area contributed by atoms with Crippen LogP contribution < -0.4 is 10.2 Å². The minimum Gasteiger partial charge on any atom is -0.372 e. The number of aromatic amines is 1. The fourth-order valence-corrected chi connectivity index (χ4v) is 2.52. The Hall–Kier alpha value is -1.97. The van der Waals surface area contributed by atoms with Crippen LogP contribution in [0.4, 0.5) is 17.3 Å². The molecule has 1 aliphatic heterocycles. The van der Waals surface area contributed by atoms with Crippen molar-refractivity contribution in [1.29, 1.82) is 0 Å². The first-order valence-electron chi connectivity index (χ1n) is 6.95. The van der Waals surface area contributed by atoms with Crippen LogP contribution in [0.25, 0.3) is 0 Å². The fraction of sp³-hybridized carbons (Fsp3) is 0.400. The largest absolute Gasteiger partial charge is 0.372 e. The van der Waals surface area contributed by atoms with E-state index in [9.17, 15) is 0 Å². The van der Waals surface area contributed by atoms with Crippen LogP contribution in [-0.4, -0.2) is 23.1 Å². The van der Waals surface area contributed by atoms with Crippen molar-refractivity contribution < 1.29 is 0 Å². The number of rotatable bonds is 3. The number of benzene rings is 1. The molecule has 3 rings (SSSR count). The summed E-state index contributed by atoms with van der Waals surface area (Å²) in [4.78, 5) is 9.88. The number of anilines is 3. The third kappa shape index (κ3) is 2.89. The second-order valence-corrected chi connectivity index (χ2v) is 5.13. The van der Waals surface area contributed by atoms with E-state index >= 15 is 0 Å². The normalized spacial score (nSPS) is 15.5. The predicted molar refractivity (Wildman–Crippen MR) is 79.1 cm³/mol. The Labute approximate surface area is 113 Å². The van der Waals surface area contributed by atoms with E-state index in [2.05, 4.69) is 44.5 Å². The molecule has 1 saturated heterocycles. The molecule has 0 bridgehead atoms. The monoisotopic (exact) mass is 256 g/mol. The maximum absolute atomic E-state index is 4.25. The standard InChI is InChI=1S/C15H20N4/c1-12-11-16-15(17-12)18-13-5-7-14(8-6-13)19-9-3-2-4-10-19/h5-8,11H,2-4,9-10H2,1H3,(H2,16,17,18). The van der Waals surface area contributed by atoms with Crippen molar-refractivity contribution in [2.24, 2.45) is 0 Å². The third-order valence-electron chi connectivity index (χ3n) is 3.55. The summed E-state index contributed by atoms with van der Waals surface area (Å²) in [6.07, 6.45) is 5.82. The number of aryl methyl sites for hydroxylation is 1. The number of nitrogens with zero attached hydrogens (tertiary/aromatic N) is 2. The van der Waals surface area contributed by atoms with Crippen molar-refractivity contribution in [3.8, 4) is 0 Å². The van der Waals surface area contributed by atoms with E-state index in [1.807, 2.05) is 13.1 Å². The third-order valence-corrected chi connectivity index (χ3v) is 3.55. The van der Waals surface area contributed by atoms with Crippen LogP contribution in [0.5, 0.6) is 0 Å². The molecule has 1 aromatic carbocycles. The molecule has 4 heteroatoms. The molecule has 0 spiro atoms. The molecule has 4 nitrogen and oxygen atoms in total. The van der Waals surface area contributed by atoms with E-state index in [1.165, 1.54) is 38.0 Å². The van der Waals surface area contributed by atoms with Gasteiger partial charge in [0.2, 0.25) is 5.95 Å². The SMILES string of the molecule is Cc1cnc(Nc2ccc(N3CCCCC3)cc2)[nH]1. The molecule has 19 heavy (non-hydrogen) atoms. The van der Waals surface area contributed by atoms with Gasteiger partial charge in [-0.05, 0) is 50.5 Å². The second-order valence-electron chi connectivity index (χ2n) is 5.13. The number of H-pyrrole nitrogens is 1. The lowest BCUT2D eigenvalue weighted by atomic mass is 10.1. The molecule has 1 aromatic heterocycles. The van der Waals surface area contributed by atoms with Crippen LogP contribution in [0.1, 0.15) is 25.0 Å². The maximum Gasteiger partial charge on any atom is 0.204 e. The highest BCUT2D eigenvalue weighted by molar-refractivity contribution is 5.59. The molecule has 0 aliphatic carbocycles. The summed E-state index contributed by atoms with van der Waals surface area (Å²) in [5, 5.41) is 3.27. The number of nitrogens with one attached hydrogen (secondary N) is 2. The smallest absolute Gasteiger partial charge is 0.204 e. The van der Waals surface area contributed by atoms with Gasteiger partial charge in [-0.25, -0.2) is 4.98 Å². The van der Waals surface area contributed by atoms with E-state index in [1.54, 1.807) is 0 Å². The van der Waals surface area contributed by atoms with E-state index < -0.39 is 0 Å². The molecule has 0 saturated carbocycles. The van der Waals surface area contributed by atoms with Gasteiger partial charge < -0.3 is 15.2 Å². The van der Waals surface area contributed by atoms with Crippen molar-refractivity contribution in [1.82, 2.24) is 9.97 Å². The van der Waals surface area contributed by atoms with Gasteiger partial charge in [-0.3, -0.25) is 0 Å². The lowest BCUT2D eigenvalue weighted by Gasteiger charge is -2.28. The first-order chi connectivity index (χ1) is 9.31. The maximum atomic E-state index is 4.25. The minimum absolute atomic E-state index is 0.795. The number of piperidine rings is 1. The van der Waals surface area contributed by atoms with Crippen LogP contribution >= 0.6 is 0 Å². The molecule has 0 radical (unpaired) electrons. The Kier molecular flexibility index (Phi) is 3.40. The van der Waals surface area contributed by atoms with Gasteiger partial charge in [-0.15, -0.1) is 0 Å². The van der Waals surface area contributed by atoms with Crippen LogP contribution in [0.2, 0.25) is 0 Å². The number of hydrogen-bond acceptors (Lipinski definition) is 3. The minimum atomic E-state index is 0.795. The Balaban J connectivity index is 1.68. The van der Waals surface area contributed by atoms with Crippen molar-refractivity contribution in [3.05, 3.63) is 36.2 Å². The van der Waals surface area contributed by atoms with Gasteiger partial charge in [-0.1, -0.05) is 0 Å². The molecule has 1 aliphatic rings. The Bertz CT molecular complexity index is 523. The van der Waals surface area contributed by atoms with E-state index in [0.717, 1.165) is 17.3 Å². The van der Waals surface area contributed by atoms with Crippen molar-refractivity contribution in [2.45, 2.75) is 26.2 Å². The average molecular weight is 256 g/mol. The summed E-state index contributed by atoms with van der Waals surface area (Å²) in [6.45, 7) is 4.37. The van der Waals surface area contributed by atoms with E-state index in [-0.39, 0.29) is 0 Å². The molecular weight excluding hydrogens is 236 g/mol. The number of hydrogen-bond donors (Lipinski definition) is 2. The molecule has 0 unspecified atom stereocenters. The predicted octanol–water partition coefficient (Wildman–Crippen LogP) is 3.45. The zero-order valence-electron chi connectivity index (χ0n) is 11.3. The van der Waals surface area contributed by atoms with Gasteiger partial charge in [0.25, 0.3) is 0 Å². The van der Waals surface area contributed by atoms with Crippen molar-refractivity contribution in [3.63, 3.8) is 0 Å². The summed E-state index contributed by atoms with van der Waals surface area (Å²) in [6, 6.07) is 8.59. The molecule has 1 fully saturated rings. The van der Waals surface area contributed by atoms with Gasteiger partial charge in [0, 0.05) is 36.4 Å². The summed E-state index contributed by atoms with van der Waals surface area (Å²) in [5.41, 5.74) is 3.45. The highest BCUT2D eigenvalue weighted by Crippen LogP contribution is 2.22. The first-order valence-corrected chi connectivity index (χ1v) is 6.95. The Morgan fingerprint density at radius 1 is 1.11 bits per heavy atom. The van der Waals surface area contributed by atoms with Crippen LogP contribution in [0.3, 0.4) is 0 Å². The summed E-state index contributed by atoms with van der Waals surface area (Å²) >= 11 is 0. The summed E-state index contributed by atoms with van der Waals surface area (Å²) < 4.78 is 0. The highest BCUT2D eigenvalue weighted by Gasteiger charge is 2.10. The first kappa shape index (κ1) is 12.1. The highest BCUT2D eigenvalue weighted by atomic mass is 15.1. The lowest BCUT2D eigenvalue weighted by Crippen LogP contribution is -2.29. The van der Waals surface area contributed by atoms with E-state index in [4.69, 9.17) is 0 Å². The van der Waals surface area contributed by atoms with Crippen LogP contribution in [-0.2, 0) is 0 Å². The molecular formula is C15H20N4. The van der Waals surface area contributed by atoms with Crippen molar-refractivity contribution in [2.75, 3.05) is 23.3 Å². The van der Waals surface area contributed by atoms with Gasteiger partial charge in [0.1, 0.15) is 0 Å². The Morgan fingerprint density at radius 2 is 1.84 bits per heavy atom. The topological polar surface area (TPSA) is 44.0 Å². The van der Waals surface area contributed by atoms with Gasteiger partial charge >= 0.3 is 0 Å². The van der Waals surface area contributed by atoms with E-state index in [0.29, 0.717) is 0 Å². The molecule has 0 atom stereocenters. The molecule has 100 valence electrons. The van der Waals surface area contributed by atoms with Gasteiger partial charge in [-0.2, -0.15) is 0 Å². The number of imidazole rings is 1. The second kappa shape index (κ2) is 5.34. The molecule has 0 amide bonds.